The van der Waals surface area contributed by atoms with Crippen LogP contribution in [0.3, 0.4) is 0 Å². The van der Waals surface area contributed by atoms with Crippen LogP contribution in [0.15, 0.2) is 72.8 Å². The normalized spacial score (nSPS) is 10.9. The summed E-state index contributed by atoms with van der Waals surface area (Å²) in [5.41, 5.74) is 3.86. The lowest BCUT2D eigenvalue weighted by Gasteiger charge is -2.12. The first-order valence-electron chi connectivity index (χ1n) is 10.8. The smallest absolute Gasteiger partial charge is 0.251 e. The van der Waals surface area contributed by atoms with Gasteiger partial charge in [-0.3, -0.25) is 4.79 Å². The molecule has 0 unspecified atom stereocenters. The van der Waals surface area contributed by atoms with Crippen LogP contribution < -0.4 is 10.1 Å². The van der Waals surface area contributed by atoms with Gasteiger partial charge < -0.3 is 14.6 Å². The van der Waals surface area contributed by atoms with E-state index in [0.717, 1.165) is 35.3 Å². The molecule has 0 aliphatic carbocycles. The number of benzene rings is 3. The van der Waals surface area contributed by atoms with Crippen LogP contribution >= 0.6 is 11.6 Å². The van der Waals surface area contributed by atoms with Crippen LogP contribution in [-0.4, -0.2) is 28.6 Å². The van der Waals surface area contributed by atoms with Crippen molar-refractivity contribution in [2.45, 2.75) is 26.3 Å². The van der Waals surface area contributed by atoms with Crippen LogP contribution in [0.1, 0.15) is 28.2 Å². The Morgan fingerprint density at radius 2 is 1.78 bits per heavy atom. The SMILES string of the molecule is Cc1ccc(C(=O)NCCCc2nc3ccccc3n2CCOc2ccccc2Cl)cc1. The summed E-state index contributed by atoms with van der Waals surface area (Å²) in [6, 6.07) is 23.2. The number of fused-ring (bicyclic) bond motifs is 1. The standard InChI is InChI=1S/C26H26ClN3O2/c1-19-12-14-20(15-13-19)26(31)28-16-6-11-25-29-22-8-3-4-9-23(22)30(25)17-18-32-24-10-5-2-7-21(24)27/h2-5,7-10,12-15H,6,11,16-18H2,1H3,(H,28,31). The van der Waals surface area contributed by atoms with Crippen molar-refractivity contribution in [2.75, 3.05) is 13.2 Å². The average Bonchev–Trinajstić information content (AvgIpc) is 3.16. The number of para-hydroxylation sites is 3. The molecule has 0 bridgehead atoms. The summed E-state index contributed by atoms with van der Waals surface area (Å²) < 4.78 is 8.08. The van der Waals surface area contributed by atoms with Crippen molar-refractivity contribution in [2.24, 2.45) is 0 Å². The van der Waals surface area contributed by atoms with Crippen molar-refractivity contribution in [3.63, 3.8) is 0 Å². The van der Waals surface area contributed by atoms with Crippen molar-refractivity contribution in [3.8, 4) is 5.75 Å². The van der Waals surface area contributed by atoms with Crippen LogP contribution in [0.25, 0.3) is 11.0 Å². The Bertz CT molecular complexity index is 1200. The quantitative estimate of drug-likeness (QED) is 0.347. The summed E-state index contributed by atoms with van der Waals surface area (Å²) >= 11 is 6.19. The van der Waals surface area contributed by atoms with Crippen molar-refractivity contribution in [1.82, 2.24) is 14.9 Å². The maximum Gasteiger partial charge on any atom is 0.251 e. The largest absolute Gasteiger partial charge is 0.490 e. The molecule has 0 fully saturated rings. The molecule has 164 valence electrons. The van der Waals surface area contributed by atoms with Crippen molar-refractivity contribution < 1.29 is 9.53 Å². The van der Waals surface area contributed by atoms with Gasteiger partial charge in [-0.15, -0.1) is 0 Å². The molecule has 4 rings (SSSR count). The van der Waals surface area contributed by atoms with Crippen molar-refractivity contribution >= 4 is 28.5 Å². The van der Waals surface area contributed by atoms with E-state index < -0.39 is 0 Å². The lowest BCUT2D eigenvalue weighted by atomic mass is 10.1. The van der Waals surface area contributed by atoms with E-state index in [9.17, 15) is 4.79 Å². The third-order valence-electron chi connectivity index (χ3n) is 5.32. The molecule has 0 atom stereocenters. The molecule has 5 nitrogen and oxygen atoms in total. The number of aromatic nitrogens is 2. The number of ether oxygens (including phenoxy) is 1. The fraction of sp³-hybridized carbons (Fsp3) is 0.231. The van der Waals surface area contributed by atoms with E-state index in [1.807, 2.05) is 73.7 Å². The Morgan fingerprint density at radius 1 is 1.03 bits per heavy atom. The van der Waals surface area contributed by atoms with Crippen LogP contribution in [0.4, 0.5) is 0 Å². The van der Waals surface area contributed by atoms with E-state index in [2.05, 4.69) is 16.0 Å². The van der Waals surface area contributed by atoms with Crippen molar-refractivity contribution in [3.05, 3.63) is 94.8 Å². The molecule has 4 aromatic rings. The molecule has 0 spiro atoms. The maximum atomic E-state index is 12.3. The molecule has 0 aliphatic heterocycles. The summed E-state index contributed by atoms with van der Waals surface area (Å²) in [6.45, 7) is 3.75. The van der Waals surface area contributed by atoms with Gasteiger partial charge in [-0.1, -0.05) is 53.6 Å². The molecule has 32 heavy (non-hydrogen) atoms. The van der Waals surface area contributed by atoms with Gasteiger partial charge in [0, 0.05) is 18.5 Å². The second-order valence-electron chi connectivity index (χ2n) is 7.67. The lowest BCUT2D eigenvalue weighted by molar-refractivity contribution is 0.0953. The zero-order valence-corrected chi connectivity index (χ0v) is 18.8. The van der Waals surface area contributed by atoms with E-state index in [0.29, 0.717) is 36.0 Å². The zero-order chi connectivity index (χ0) is 22.3. The van der Waals surface area contributed by atoms with E-state index in [4.69, 9.17) is 21.3 Å². The molecular weight excluding hydrogens is 422 g/mol. The van der Waals surface area contributed by atoms with E-state index in [-0.39, 0.29) is 5.91 Å². The fourth-order valence-corrected chi connectivity index (χ4v) is 3.82. The number of nitrogens with zero attached hydrogens (tertiary/aromatic N) is 2. The van der Waals surface area contributed by atoms with E-state index >= 15 is 0 Å². The van der Waals surface area contributed by atoms with Crippen LogP contribution in [0.2, 0.25) is 5.02 Å². The highest BCUT2D eigenvalue weighted by Gasteiger charge is 2.11. The molecule has 0 aliphatic rings. The number of rotatable bonds is 9. The van der Waals surface area contributed by atoms with Gasteiger partial charge in [-0.05, 0) is 49.7 Å². The van der Waals surface area contributed by atoms with Gasteiger partial charge in [-0.25, -0.2) is 4.98 Å². The first kappa shape index (κ1) is 21.9. The second kappa shape index (κ2) is 10.3. The number of aryl methyl sites for hydroxylation is 2. The minimum absolute atomic E-state index is 0.0494. The van der Waals surface area contributed by atoms with Gasteiger partial charge in [0.15, 0.2) is 0 Å². The number of imidazole rings is 1. The molecule has 0 radical (unpaired) electrons. The van der Waals surface area contributed by atoms with Crippen LogP contribution in [-0.2, 0) is 13.0 Å². The molecule has 1 heterocycles. The highest BCUT2D eigenvalue weighted by Crippen LogP contribution is 2.23. The minimum Gasteiger partial charge on any atom is -0.490 e. The Kier molecular flexibility index (Phi) is 7.07. The number of carbonyl (C=O) groups excluding carboxylic acids is 1. The lowest BCUT2D eigenvalue weighted by Crippen LogP contribution is -2.25. The summed E-state index contributed by atoms with van der Waals surface area (Å²) in [4.78, 5) is 17.1. The maximum absolute atomic E-state index is 12.3. The molecule has 6 heteroatoms. The van der Waals surface area contributed by atoms with Gasteiger partial charge in [0.05, 0.1) is 22.6 Å². The van der Waals surface area contributed by atoms with Gasteiger partial charge >= 0.3 is 0 Å². The van der Waals surface area contributed by atoms with Crippen LogP contribution in [0.5, 0.6) is 5.75 Å². The fourth-order valence-electron chi connectivity index (χ4n) is 3.63. The van der Waals surface area contributed by atoms with E-state index in [1.165, 1.54) is 0 Å². The Balaban J connectivity index is 1.37. The number of nitrogens with one attached hydrogen (secondary N) is 1. The third-order valence-corrected chi connectivity index (χ3v) is 5.63. The monoisotopic (exact) mass is 447 g/mol. The number of hydrogen-bond donors (Lipinski definition) is 1. The van der Waals surface area contributed by atoms with Crippen LogP contribution in [0, 0.1) is 6.92 Å². The summed E-state index contributed by atoms with van der Waals surface area (Å²) in [7, 11) is 0. The van der Waals surface area contributed by atoms with Gasteiger partial charge in [0.2, 0.25) is 0 Å². The number of carbonyl (C=O) groups is 1. The molecular formula is C26H26ClN3O2. The molecule has 3 aromatic carbocycles. The highest BCUT2D eigenvalue weighted by atomic mass is 35.5. The predicted molar refractivity (Wildman–Crippen MR) is 129 cm³/mol. The highest BCUT2D eigenvalue weighted by molar-refractivity contribution is 6.32. The Hall–Kier alpha value is -3.31. The zero-order valence-electron chi connectivity index (χ0n) is 18.1. The number of hydrogen-bond acceptors (Lipinski definition) is 3. The first-order chi connectivity index (χ1) is 15.6. The van der Waals surface area contributed by atoms with Gasteiger partial charge in [0.25, 0.3) is 5.91 Å². The van der Waals surface area contributed by atoms with Gasteiger partial charge in [-0.2, -0.15) is 0 Å². The van der Waals surface area contributed by atoms with Crippen molar-refractivity contribution in [1.29, 1.82) is 0 Å². The van der Waals surface area contributed by atoms with E-state index in [1.54, 1.807) is 0 Å². The summed E-state index contributed by atoms with van der Waals surface area (Å²) in [6.07, 6.45) is 1.56. The molecule has 1 aromatic heterocycles. The summed E-state index contributed by atoms with van der Waals surface area (Å²) in [5, 5.41) is 3.60. The minimum atomic E-state index is -0.0494. The topological polar surface area (TPSA) is 56.2 Å². The number of amides is 1. The molecule has 0 saturated carbocycles. The molecule has 1 N–H and O–H groups in total. The number of halogens is 1. The Morgan fingerprint density at radius 3 is 2.59 bits per heavy atom. The van der Waals surface area contributed by atoms with Gasteiger partial charge in [0.1, 0.15) is 18.2 Å². The summed E-state index contributed by atoms with van der Waals surface area (Å²) in [5.74, 6) is 1.61. The Labute approximate surface area is 193 Å². The first-order valence-corrected chi connectivity index (χ1v) is 11.2. The third kappa shape index (κ3) is 5.29. The molecule has 0 saturated heterocycles. The average molecular weight is 448 g/mol. The second-order valence-corrected chi connectivity index (χ2v) is 8.08. The predicted octanol–water partition coefficient (Wildman–Crippen LogP) is 5.44. The molecule has 1 amide bonds.